The van der Waals surface area contributed by atoms with Crippen molar-refractivity contribution in [3.8, 4) is 0 Å². The molecular weight excluding hydrogens is 424 g/mol. The Balaban J connectivity index is 1.58. The Hall–Kier alpha value is -2.42. The average molecular weight is 447 g/mol. The second-order valence-corrected chi connectivity index (χ2v) is 9.52. The first-order valence-electron chi connectivity index (χ1n) is 9.93. The fraction of sp³-hybridized carbons (Fsp3) is 0.333. The van der Waals surface area contributed by atoms with Crippen molar-refractivity contribution in [1.82, 2.24) is 14.0 Å². The molecule has 30 heavy (non-hydrogen) atoms. The number of hydrogen-bond donors (Lipinski definition) is 1. The van der Waals surface area contributed by atoms with Gasteiger partial charge in [0.15, 0.2) is 0 Å². The Labute approximate surface area is 181 Å². The lowest BCUT2D eigenvalue weighted by Gasteiger charge is -2.26. The van der Waals surface area contributed by atoms with E-state index in [1.807, 2.05) is 42.5 Å². The van der Waals surface area contributed by atoms with Crippen molar-refractivity contribution in [1.29, 1.82) is 0 Å². The minimum absolute atomic E-state index is 0.171. The first-order valence-corrected chi connectivity index (χ1v) is 11.7. The van der Waals surface area contributed by atoms with Gasteiger partial charge in [0.25, 0.3) is 0 Å². The maximum Gasteiger partial charge on any atom is 0.352 e. The highest BCUT2D eigenvalue weighted by Crippen LogP contribution is 2.29. The molecule has 7 nitrogen and oxygen atoms in total. The zero-order valence-electron chi connectivity index (χ0n) is 16.4. The van der Waals surface area contributed by atoms with Gasteiger partial charge in [0, 0.05) is 24.0 Å². The normalized spacial score (nSPS) is 20.1. The maximum absolute atomic E-state index is 12.8. The van der Waals surface area contributed by atoms with E-state index < -0.39 is 16.2 Å². The highest BCUT2D eigenvalue weighted by atomic mass is 35.5. The van der Waals surface area contributed by atoms with E-state index in [1.54, 1.807) is 12.1 Å². The van der Waals surface area contributed by atoms with Crippen molar-refractivity contribution in [2.45, 2.75) is 25.2 Å². The van der Waals surface area contributed by atoms with Crippen LogP contribution in [0.25, 0.3) is 0 Å². The summed E-state index contributed by atoms with van der Waals surface area (Å²) < 4.78 is 28.7. The third-order valence-corrected chi connectivity index (χ3v) is 7.09. The van der Waals surface area contributed by atoms with Gasteiger partial charge in [0.05, 0.1) is 12.3 Å². The smallest absolute Gasteiger partial charge is 0.245 e. The van der Waals surface area contributed by atoms with Crippen LogP contribution in [0.15, 0.2) is 59.7 Å². The Morgan fingerprint density at radius 1 is 1.00 bits per heavy atom. The largest absolute Gasteiger partial charge is 0.352 e. The van der Waals surface area contributed by atoms with Crippen LogP contribution < -0.4 is 4.72 Å². The molecule has 1 N–H and O–H groups in total. The lowest BCUT2D eigenvalue weighted by molar-refractivity contribution is 0.209. The summed E-state index contributed by atoms with van der Waals surface area (Å²) in [7, 11) is -3.88. The molecule has 0 bridgehead atoms. The van der Waals surface area contributed by atoms with Gasteiger partial charge in [-0.15, -0.1) is 0 Å². The summed E-state index contributed by atoms with van der Waals surface area (Å²) in [6.45, 7) is 1.10. The predicted molar refractivity (Wildman–Crippen MR) is 117 cm³/mol. The van der Waals surface area contributed by atoms with Crippen molar-refractivity contribution in [3.63, 3.8) is 0 Å². The monoisotopic (exact) mass is 446 g/mol. The van der Waals surface area contributed by atoms with Gasteiger partial charge in [-0.2, -0.15) is 17.8 Å². The Kier molecular flexibility index (Phi) is 6.08. The molecule has 1 unspecified atom stereocenters. The number of piperidine rings is 1. The van der Waals surface area contributed by atoms with Crippen LogP contribution in [0.5, 0.6) is 0 Å². The minimum atomic E-state index is -3.88. The van der Waals surface area contributed by atoms with E-state index in [9.17, 15) is 13.2 Å². The van der Waals surface area contributed by atoms with Gasteiger partial charge in [0.1, 0.15) is 0 Å². The van der Waals surface area contributed by atoms with Gasteiger partial charge >= 0.3 is 16.2 Å². The van der Waals surface area contributed by atoms with E-state index in [-0.39, 0.29) is 12.5 Å². The summed E-state index contributed by atoms with van der Waals surface area (Å²) >= 11 is 6.01. The van der Waals surface area contributed by atoms with Crippen molar-refractivity contribution < 1.29 is 13.2 Å². The van der Waals surface area contributed by atoms with Crippen LogP contribution in [-0.4, -0.2) is 49.1 Å². The van der Waals surface area contributed by atoms with Crippen LogP contribution in [0.3, 0.4) is 0 Å². The van der Waals surface area contributed by atoms with E-state index in [0.717, 1.165) is 30.4 Å². The number of benzene rings is 2. The predicted octanol–water partition coefficient (Wildman–Crippen LogP) is 3.58. The first-order chi connectivity index (χ1) is 14.4. The summed E-state index contributed by atoms with van der Waals surface area (Å²) in [5.41, 5.74) is 2.53. The zero-order valence-corrected chi connectivity index (χ0v) is 17.9. The molecule has 2 aromatic carbocycles. The highest BCUT2D eigenvalue weighted by molar-refractivity contribution is 7.87. The third-order valence-electron chi connectivity index (χ3n) is 5.36. The summed E-state index contributed by atoms with van der Waals surface area (Å²) in [4.78, 5) is 12.8. The third kappa shape index (κ3) is 4.50. The Morgan fingerprint density at radius 2 is 1.67 bits per heavy atom. The number of hydrogen-bond acceptors (Lipinski definition) is 4. The van der Waals surface area contributed by atoms with Crippen LogP contribution in [0.2, 0.25) is 5.02 Å². The van der Waals surface area contributed by atoms with Gasteiger partial charge in [-0.3, -0.25) is 0 Å². The Bertz CT molecular complexity index is 1040. The van der Waals surface area contributed by atoms with Crippen LogP contribution in [0.1, 0.15) is 36.3 Å². The molecule has 2 aromatic rings. The highest BCUT2D eigenvalue weighted by Gasteiger charge is 2.35. The molecule has 1 atom stereocenters. The van der Waals surface area contributed by atoms with E-state index in [2.05, 4.69) is 9.82 Å². The number of amides is 2. The van der Waals surface area contributed by atoms with E-state index in [4.69, 9.17) is 11.6 Å². The number of hydrazone groups is 1. The molecule has 9 heteroatoms. The minimum Gasteiger partial charge on any atom is -0.245 e. The second-order valence-electron chi connectivity index (χ2n) is 7.41. The number of halogens is 1. The summed E-state index contributed by atoms with van der Waals surface area (Å²) in [5.74, 6) is -0.171. The molecular formula is C21H23ClN4O3S. The zero-order chi connectivity index (χ0) is 21.1. The number of carbonyl (C=O) groups excluding carboxylic acids is 1. The number of rotatable bonds is 4. The number of urea groups is 1. The standard InChI is InChI=1S/C21H23ClN4O3S/c22-18-11-9-17(10-12-18)20-19(16-7-3-1-4-8-16)15-26(23-20)21(27)24-30(28,29)25-13-5-2-6-14-25/h1,3-4,7-12,19H,2,5-6,13-15H2,(H,24,27). The molecule has 2 amide bonds. The molecule has 2 heterocycles. The fourth-order valence-electron chi connectivity index (χ4n) is 3.79. The number of nitrogens with one attached hydrogen (secondary N) is 1. The average Bonchev–Trinajstić information content (AvgIpc) is 3.21. The molecule has 2 aliphatic heterocycles. The van der Waals surface area contributed by atoms with E-state index >= 15 is 0 Å². The van der Waals surface area contributed by atoms with Gasteiger partial charge in [-0.1, -0.05) is 60.5 Å². The van der Waals surface area contributed by atoms with E-state index in [1.165, 1.54) is 9.31 Å². The molecule has 158 valence electrons. The SMILES string of the molecule is O=C(NS(=O)(=O)N1CCCCC1)N1CC(c2ccccc2)C(c2ccc(Cl)cc2)=N1. The van der Waals surface area contributed by atoms with Crippen LogP contribution in [0.4, 0.5) is 4.79 Å². The topological polar surface area (TPSA) is 82.1 Å². The molecule has 2 aliphatic rings. The van der Waals surface area contributed by atoms with Crippen molar-refractivity contribution in [2.24, 2.45) is 5.10 Å². The van der Waals surface area contributed by atoms with Gasteiger partial charge in [0.2, 0.25) is 0 Å². The first kappa shape index (κ1) is 20.8. The second kappa shape index (κ2) is 8.75. The number of nitrogens with zero attached hydrogens (tertiary/aromatic N) is 3. The van der Waals surface area contributed by atoms with Crippen molar-refractivity contribution in [3.05, 3.63) is 70.7 Å². The van der Waals surface area contributed by atoms with Crippen LogP contribution in [-0.2, 0) is 10.2 Å². The van der Waals surface area contributed by atoms with Crippen LogP contribution in [0, 0.1) is 0 Å². The molecule has 1 fully saturated rings. The Morgan fingerprint density at radius 3 is 2.33 bits per heavy atom. The van der Waals surface area contributed by atoms with Crippen molar-refractivity contribution in [2.75, 3.05) is 19.6 Å². The van der Waals surface area contributed by atoms with E-state index in [0.29, 0.717) is 23.8 Å². The number of carbonyl (C=O) groups is 1. The molecule has 4 rings (SSSR count). The molecule has 0 aliphatic carbocycles. The van der Waals surface area contributed by atoms with Gasteiger partial charge < -0.3 is 0 Å². The summed E-state index contributed by atoms with van der Waals surface area (Å²) in [6, 6.07) is 16.2. The quantitative estimate of drug-likeness (QED) is 0.779. The summed E-state index contributed by atoms with van der Waals surface area (Å²) in [6.07, 6.45) is 2.60. The van der Waals surface area contributed by atoms with Gasteiger partial charge in [-0.05, 0) is 36.1 Å². The van der Waals surface area contributed by atoms with Crippen molar-refractivity contribution >= 4 is 33.6 Å². The fourth-order valence-corrected chi connectivity index (χ4v) is 5.11. The molecule has 0 radical (unpaired) electrons. The summed E-state index contributed by atoms with van der Waals surface area (Å²) in [5, 5.41) is 6.29. The molecule has 0 saturated carbocycles. The molecule has 0 aromatic heterocycles. The lowest BCUT2D eigenvalue weighted by atomic mass is 9.91. The molecule has 0 spiro atoms. The maximum atomic E-state index is 12.8. The van der Waals surface area contributed by atoms with Crippen LogP contribution >= 0.6 is 11.6 Å². The van der Waals surface area contributed by atoms with Gasteiger partial charge in [-0.25, -0.2) is 14.5 Å². The lowest BCUT2D eigenvalue weighted by Crippen LogP contribution is -2.48. The molecule has 1 saturated heterocycles.